The maximum Gasteiger partial charge on any atom is 0.248 e. The number of aromatic nitrogens is 3. The summed E-state index contributed by atoms with van der Waals surface area (Å²) in [5.74, 6) is 0.737. The molecule has 1 atom stereocenters. The van der Waals surface area contributed by atoms with Gasteiger partial charge in [0, 0.05) is 13.1 Å². The first-order valence-electron chi connectivity index (χ1n) is 8.32. The second kappa shape index (κ2) is 9.63. The van der Waals surface area contributed by atoms with Gasteiger partial charge in [-0.2, -0.15) is 11.8 Å². The number of amides is 2. The second-order valence-corrected chi connectivity index (χ2v) is 6.92. The fourth-order valence-electron chi connectivity index (χ4n) is 2.57. The minimum atomic E-state index is -0.580. The van der Waals surface area contributed by atoms with Crippen LogP contribution < -0.4 is 11.1 Å². The van der Waals surface area contributed by atoms with Crippen LogP contribution >= 0.6 is 11.8 Å². The van der Waals surface area contributed by atoms with Crippen molar-refractivity contribution in [3.05, 3.63) is 6.33 Å². The van der Waals surface area contributed by atoms with E-state index in [0.29, 0.717) is 6.42 Å². The normalized spacial score (nSPS) is 16.5. The van der Waals surface area contributed by atoms with E-state index in [1.54, 1.807) is 11.8 Å². The van der Waals surface area contributed by atoms with Gasteiger partial charge in [0.05, 0.1) is 6.04 Å². The average molecular weight is 354 g/mol. The van der Waals surface area contributed by atoms with Crippen LogP contribution in [0.15, 0.2) is 6.33 Å². The van der Waals surface area contributed by atoms with Gasteiger partial charge in [0.1, 0.15) is 12.9 Å². The van der Waals surface area contributed by atoms with Crippen LogP contribution in [0.25, 0.3) is 0 Å². The van der Waals surface area contributed by atoms with Crippen LogP contribution in [-0.2, 0) is 16.1 Å². The maximum absolute atomic E-state index is 12.3. The van der Waals surface area contributed by atoms with Crippen molar-refractivity contribution < 1.29 is 9.59 Å². The number of nitrogens with one attached hydrogen (secondary N) is 1. The Morgan fingerprint density at radius 2 is 2.04 bits per heavy atom. The van der Waals surface area contributed by atoms with Crippen molar-refractivity contribution >= 4 is 29.5 Å². The summed E-state index contributed by atoms with van der Waals surface area (Å²) in [6, 6.07) is -0.580. The SMILES string of the molecule is CSCC[C@H](N)C(=O)Nc1ncn(CC(=O)N2CCCCCC2)n1. The number of hydrogen-bond acceptors (Lipinski definition) is 6. The van der Waals surface area contributed by atoms with Gasteiger partial charge < -0.3 is 10.6 Å². The van der Waals surface area contributed by atoms with Gasteiger partial charge in [-0.05, 0) is 31.3 Å². The first-order chi connectivity index (χ1) is 11.6. The highest BCUT2D eigenvalue weighted by atomic mass is 32.2. The van der Waals surface area contributed by atoms with E-state index in [1.807, 2.05) is 11.2 Å². The predicted octanol–water partition coefficient (Wildman–Crippen LogP) is 0.700. The smallest absolute Gasteiger partial charge is 0.248 e. The molecular weight excluding hydrogens is 328 g/mol. The molecule has 134 valence electrons. The Morgan fingerprint density at radius 3 is 2.71 bits per heavy atom. The van der Waals surface area contributed by atoms with Gasteiger partial charge in [-0.3, -0.25) is 14.9 Å². The molecule has 3 N–H and O–H groups in total. The van der Waals surface area contributed by atoms with Crippen molar-refractivity contribution in [1.29, 1.82) is 0 Å². The number of thioether (sulfide) groups is 1. The number of carbonyl (C=O) groups excluding carboxylic acids is 2. The van der Waals surface area contributed by atoms with E-state index in [1.165, 1.54) is 23.9 Å². The fraction of sp³-hybridized carbons (Fsp3) is 0.733. The lowest BCUT2D eigenvalue weighted by Crippen LogP contribution is -2.36. The zero-order valence-electron chi connectivity index (χ0n) is 14.1. The number of anilines is 1. The van der Waals surface area contributed by atoms with E-state index >= 15 is 0 Å². The Hall–Kier alpha value is -1.61. The molecule has 0 bridgehead atoms. The Labute approximate surface area is 146 Å². The van der Waals surface area contributed by atoms with Crippen molar-refractivity contribution in [3.8, 4) is 0 Å². The molecule has 2 rings (SSSR count). The second-order valence-electron chi connectivity index (χ2n) is 5.94. The van der Waals surface area contributed by atoms with Gasteiger partial charge in [-0.15, -0.1) is 5.10 Å². The highest BCUT2D eigenvalue weighted by Crippen LogP contribution is 2.10. The molecule has 0 aromatic carbocycles. The summed E-state index contributed by atoms with van der Waals surface area (Å²) < 4.78 is 1.45. The van der Waals surface area contributed by atoms with Crippen LogP contribution in [0, 0.1) is 0 Å². The standard InChI is InChI=1S/C15H26N6O2S/c1-24-9-6-12(16)14(23)18-15-17-11-21(19-15)10-13(22)20-7-4-2-3-5-8-20/h11-12H,2-10,16H2,1H3,(H,18,19,23)/t12-/m0/s1. The molecule has 0 saturated carbocycles. The Balaban J connectivity index is 1.83. The molecule has 0 radical (unpaired) electrons. The van der Waals surface area contributed by atoms with E-state index in [-0.39, 0.29) is 24.3 Å². The first kappa shape index (κ1) is 18.7. The largest absolute Gasteiger partial charge is 0.341 e. The monoisotopic (exact) mass is 354 g/mol. The third kappa shape index (κ3) is 5.79. The van der Waals surface area contributed by atoms with Crippen LogP contribution in [0.5, 0.6) is 0 Å². The molecule has 9 heteroatoms. The molecule has 24 heavy (non-hydrogen) atoms. The number of carbonyl (C=O) groups is 2. The van der Waals surface area contributed by atoms with E-state index in [4.69, 9.17) is 5.73 Å². The summed E-state index contributed by atoms with van der Waals surface area (Å²) in [6.07, 6.45) is 8.49. The van der Waals surface area contributed by atoms with Crippen molar-refractivity contribution in [1.82, 2.24) is 19.7 Å². The molecule has 2 amide bonds. The van der Waals surface area contributed by atoms with E-state index < -0.39 is 6.04 Å². The molecule has 1 aromatic rings. The summed E-state index contributed by atoms with van der Waals surface area (Å²) in [4.78, 5) is 30.1. The summed E-state index contributed by atoms with van der Waals surface area (Å²) in [7, 11) is 0. The van der Waals surface area contributed by atoms with Gasteiger partial charge in [-0.25, -0.2) is 9.67 Å². The fourth-order valence-corrected chi connectivity index (χ4v) is 3.06. The highest BCUT2D eigenvalue weighted by Gasteiger charge is 2.18. The topological polar surface area (TPSA) is 106 Å². The molecule has 1 fully saturated rings. The Morgan fingerprint density at radius 1 is 1.33 bits per heavy atom. The van der Waals surface area contributed by atoms with E-state index in [0.717, 1.165) is 31.7 Å². The van der Waals surface area contributed by atoms with Gasteiger partial charge in [0.25, 0.3) is 0 Å². The predicted molar refractivity (Wildman–Crippen MR) is 94.7 cm³/mol. The lowest BCUT2D eigenvalue weighted by Gasteiger charge is -2.19. The number of nitrogens with two attached hydrogens (primary N) is 1. The van der Waals surface area contributed by atoms with Crippen molar-refractivity contribution in [3.63, 3.8) is 0 Å². The molecule has 1 saturated heterocycles. The first-order valence-corrected chi connectivity index (χ1v) is 9.72. The molecular formula is C15H26N6O2S. The molecule has 2 heterocycles. The molecule has 1 aliphatic rings. The van der Waals surface area contributed by atoms with Crippen LogP contribution in [0.4, 0.5) is 5.95 Å². The quantitative estimate of drug-likeness (QED) is 0.746. The van der Waals surface area contributed by atoms with Crippen LogP contribution in [-0.4, -0.2) is 62.6 Å². The zero-order chi connectivity index (χ0) is 17.4. The lowest BCUT2D eigenvalue weighted by molar-refractivity contribution is -0.132. The molecule has 8 nitrogen and oxygen atoms in total. The van der Waals surface area contributed by atoms with Crippen molar-refractivity contribution in [2.75, 3.05) is 30.4 Å². The molecule has 1 aromatic heterocycles. The molecule has 0 unspecified atom stereocenters. The summed E-state index contributed by atoms with van der Waals surface area (Å²) in [5, 5.41) is 6.73. The van der Waals surface area contributed by atoms with Crippen molar-refractivity contribution in [2.45, 2.75) is 44.7 Å². The van der Waals surface area contributed by atoms with Crippen LogP contribution in [0.2, 0.25) is 0 Å². The minimum absolute atomic E-state index is 0.0383. The average Bonchev–Trinajstić information content (AvgIpc) is 2.84. The lowest BCUT2D eigenvalue weighted by atomic mass is 10.2. The Kier molecular flexibility index (Phi) is 7.51. The molecule has 0 spiro atoms. The van der Waals surface area contributed by atoms with Gasteiger partial charge in [0.15, 0.2) is 0 Å². The third-order valence-corrected chi connectivity index (χ3v) is 4.64. The number of nitrogens with zero attached hydrogens (tertiary/aromatic N) is 4. The molecule has 1 aliphatic heterocycles. The van der Waals surface area contributed by atoms with Crippen molar-refractivity contribution in [2.24, 2.45) is 5.73 Å². The third-order valence-electron chi connectivity index (χ3n) is 4.00. The Bertz CT molecular complexity index is 542. The number of likely N-dealkylation sites (tertiary alicyclic amines) is 1. The summed E-state index contributed by atoms with van der Waals surface area (Å²) in [6.45, 7) is 1.75. The van der Waals surface area contributed by atoms with Crippen LogP contribution in [0.1, 0.15) is 32.1 Å². The highest BCUT2D eigenvalue weighted by molar-refractivity contribution is 7.98. The number of rotatable bonds is 7. The molecule has 0 aliphatic carbocycles. The summed E-state index contributed by atoms with van der Waals surface area (Å²) in [5.41, 5.74) is 5.80. The van der Waals surface area contributed by atoms with Gasteiger partial charge in [0.2, 0.25) is 17.8 Å². The summed E-state index contributed by atoms with van der Waals surface area (Å²) >= 11 is 1.64. The van der Waals surface area contributed by atoms with Gasteiger partial charge in [-0.1, -0.05) is 12.8 Å². The maximum atomic E-state index is 12.3. The zero-order valence-corrected chi connectivity index (χ0v) is 14.9. The minimum Gasteiger partial charge on any atom is -0.341 e. The number of hydrogen-bond donors (Lipinski definition) is 2. The van der Waals surface area contributed by atoms with Gasteiger partial charge >= 0.3 is 0 Å². The van der Waals surface area contributed by atoms with E-state index in [9.17, 15) is 9.59 Å². The van der Waals surface area contributed by atoms with E-state index in [2.05, 4.69) is 15.4 Å². The van der Waals surface area contributed by atoms with Crippen LogP contribution in [0.3, 0.4) is 0 Å².